The summed E-state index contributed by atoms with van der Waals surface area (Å²) >= 11 is 0. The number of ether oxygens (including phenoxy) is 1. The minimum absolute atomic E-state index is 0.442. The summed E-state index contributed by atoms with van der Waals surface area (Å²) in [5, 5.41) is 8.46. The number of halogens is 6. The van der Waals surface area contributed by atoms with Gasteiger partial charge in [0.25, 0.3) is 0 Å². The molecule has 0 bridgehead atoms. The van der Waals surface area contributed by atoms with E-state index in [9.17, 15) is 35.9 Å². The number of hydrogen-bond donors (Lipinski definition) is 1. The van der Waals surface area contributed by atoms with Crippen molar-refractivity contribution >= 4 is 37.1 Å². The summed E-state index contributed by atoms with van der Waals surface area (Å²) in [7, 11) is -9.02. The molecule has 0 saturated carbocycles. The zero-order valence-corrected chi connectivity index (χ0v) is 22.0. The molecule has 188 valence electrons. The maximum absolute atomic E-state index is 13.5. The molecule has 1 atom stereocenters. The monoisotopic (exact) mass is 528 g/mol. The Hall–Kier alpha value is -1.17. The van der Waals surface area contributed by atoms with E-state index in [0.717, 1.165) is 0 Å². The zero-order valence-electron chi connectivity index (χ0n) is 19.0. The number of alkyl halides is 6. The first-order chi connectivity index (χ1) is 14.0. The molecule has 6 nitrogen and oxygen atoms in total. The van der Waals surface area contributed by atoms with Gasteiger partial charge in [0.05, 0.1) is 6.61 Å². The van der Waals surface area contributed by atoms with E-state index in [1.54, 1.807) is 13.1 Å². The van der Waals surface area contributed by atoms with Crippen LogP contribution in [0.5, 0.6) is 0 Å². The van der Waals surface area contributed by atoms with Gasteiger partial charge in [-0.05, 0) is 52.2 Å². The molecule has 0 saturated heterocycles. The van der Waals surface area contributed by atoms with Gasteiger partial charge in [0.2, 0.25) is 0 Å². The summed E-state index contributed by atoms with van der Waals surface area (Å²) in [6.45, 7) is 10.4. The van der Waals surface area contributed by atoms with Gasteiger partial charge in [0.15, 0.2) is 22.6 Å². The number of esters is 1. The Morgan fingerprint density at radius 3 is 1.72 bits per heavy atom. The van der Waals surface area contributed by atoms with Crippen molar-refractivity contribution in [1.82, 2.24) is 0 Å². The highest BCUT2D eigenvalue weighted by Gasteiger charge is 2.64. The van der Waals surface area contributed by atoms with E-state index in [0.29, 0.717) is 12.2 Å². The summed E-state index contributed by atoms with van der Waals surface area (Å²) in [6.07, 6.45) is -11.0. The zero-order chi connectivity index (χ0) is 25.8. The summed E-state index contributed by atoms with van der Waals surface area (Å²) in [5.74, 6) is -6.34. The second-order valence-electron chi connectivity index (χ2n) is 9.11. The molecule has 0 aromatic carbocycles. The molecule has 0 radical (unpaired) electrons. The quantitative estimate of drug-likeness (QED) is 0.166. The highest BCUT2D eigenvalue weighted by molar-refractivity contribution is 6.88. The van der Waals surface area contributed by atoms with Crippen molar-refractivity contribution < 1.29 is 54.0 Å². The molecule has 0 aliphatic heterocycles. The molecule has 0 rings (SSSR count). The fraction of sp³-hybridized carbons (Fsp3) is 0.765. The molecule has 32 heavy (non-hydrogen) atoms. The van der Waals surface area contributed by atoms with Crippen molar-refractivity contribution in [2.45, 2.75) is 70.1 Å². The lowest BCUT2D eigenvalue weighted by Gasteiger charge is -2.44. The normalized spacial score (nSPS) is 15.3. The average molecular weight is 529 g/mol. The maximum atomic E-state index is 13.5. The van der Waals surface area contributed by atoms with Crippen LogP contribution in [0.2, 0.25) is 51.4 Å². The van der Waals surface area contributed by atoms with Gasteiger partial charge in [-0.3, -0.25) is 0 Å². The standard InChI is InChI=1S/C17H30F6O6Si3/c1-30(2,3)28-32(6,7)29-31(4,5)12(15(16(18,19)20)17(21,22)23)10-11-27-14(26)9-8-13(24)25/h8-9,12,15H,10-11H2,1-7H3,(H,24,25)/b9-8+. The van der Waals surface area contributed by atoms with Crippen molar-refractivity contribution in [3.8, 4) is 0 Å². The van der Waals surface area contributed by atoms with Crippen LogP contribution < -0.4 is 0 Å². The van der Waals surface area contributed by atoms with Gasteiger partial charge < -0.3 is 18.1 Å². The van der Waals surface area contributed by atoms with Gasteiger partial charge in [0, 0.05) is 17.7 Å². The number of carbonyl (C=O) groups excluding carboxylic acids is 1. The third-order valence-corrected chi connectivity index (χ3v) is 15.0. The van der Waals surface area contributed by atoms with Crippen LogP contribution in [0.25, 0.3) is 0 Å². The average Bonchev–Trinajstić information content (AvgIpc) is 2.45. The smallest absolute Gasteiger partial charge is 0.400 e. The molecular weight excluding hydrogens is 498 g/mol. The summed E-state index contributed by atoms with van der Waals surface area (Å²) in [4.78, 5) is 21.9. The Bertz CT molecular complexity index is 672. The van der Waals surface area contributed by atoms with Crippen molar-refractivity contribution in [3.63, 3.8) is 0 Å². The maximum Gasteiger partial charge on any atom is 0.400 e. The Morgan fingerprint density at radius 1 is 0.875 bits per heavy atom. The largest absolute Gasteiger partial charge is 0.478 e. The molecule has 0 aromatic rings. The lowest BCUT2D eigenvalue weighted by atomic mass is 10.0. The molecule has 0 aromatic heterocycles. The molecule has 0 aliphatic carbocycles. The lowest BCUT2D eigenvalue weighted by Crippen LogP contribution is -2.57. The Balaban J connectivity index is 5.94. The highest BCUT2D eigenvalue weighted by atomic mass is 28.5. The van der Waals surface area contributed by atoms with Crippen LogP contribution in [-0.2, 0) is 22.6 Å². The van der Waals surface area contributed by atoms with Gasteiger partial charge in [0.1, 0.15) is 0 Å². The van der Waals surface area contributed by atoms with Crippen molar-refractivity contribution in [2.75, 3.05) is 6.61 Å². The second-order valence-corrected chi connectivity index (χ2v) is 21.7. The number of rotatable bonds is 11. The Kier molecular flexibility index (Phi) is 10.4. The van der Waals surface area contributed by atoms with Crippen LogP contribution >= 0.6 is 0 Å². The molecule has 0 fully saturated rings. The molecule has 0 heterocycles. The van der Waals surface area contributed by atoms with Crippen LogP contribution in [0.3, 0.4) is 0 Å². The van der Waals surface area contributed by atoms with Crippen LogP contribution in [0.1, 0.15) is 6.42 Å². The van der Waals surface area contributed by atoms with E-state index in [1.807, 2.05) is 19.6 Å². The summed E-state index contributed by atoms with van der Waals surface area (Å²) in [6, 6.07) is 0. The molecule has 0 spiro atoms. The predicted octanol–water partition coefficient (Wildman–Crippen LogP) is 5.45. The van der Waals surface area contributed by atoms with E-state index < -0.39 is 74.0 Å². The minimum atomic E-state index is -5.60. The van der Waals surface area contributed by atoms with E-state index in [1.165, 1.54) is 13.1 Å². The molecule has 0 aliphatic rings. The van der Waals surface area contributed by atoms with E-state index in [4.69, 9.17) is 13.3 Å². The predicted molar refractivity (Wildman–Crippen MR) is 112 cm³/mol. The fourth-order valence-electron chi connectivity index (χ4n) is 3.50. The fourth-order valence-corrected chi connectivity index (χ4v) is 17.6. The van der Waals surface area contributed by atoms with Gasteiger partial charge in [-0.15, -0.1) is 0 Å². The summed E-state index contributed by atoms with van der Waals surface area (Å²) < 4.78 is 97.8. The highest BCUT2D eigenvalue weighted by Crippen LogP contribution is 2.51. The number of carboxylic acid groups (broad SMARTS) is 1. The molecule has 15 heteroatoms. The van der Waals surface area contributed by atoms with E-state index in [-0.39, 0.29) is 0 Å². The van der Waals surface area contributed by atoms with Crippen molar-refractivity contribution in [3.05, 3.63) is 12.2 Å². The SMILES string of the molecule is C[Si](C)(C)O[Si](C)(C)O[Si](C)(C)C(CCOC(=O)/C=C/C(=O)O)C(C(F)(F)F)C(F)(F)F. The topological polar surface area (TPSA) is 82.1 Å². The van der Waals surface area contributed by atoms with Crippen molar-refractivity contribution in [1.29, 1.82) is 0 Å². The van der Waals surface area contributed by atoms with Gasteiger partial charge in [-0.2, -0.15) is 26.3 Å². The van der Waals surface area contributed by atoms with Crippen LogP contribution in [0.4, 0.5) is 26.3 Å². The van der Waals surface area contributed by atoms with Gasteiger partial charge in [-0.25, -0.2) is 9.59 Å². The lowest BCUT2D eigenvalue weighted by molar-refractivity contribution is -0.286. The van der Waals surface area contributed by atoms with Gasteiger partial charge >= 0.3 is 32.9 Å². The molecule has 0 amide bonds. The second kappa shape index (κ2) is 10.8. The van der Waals surface area contributed by atoms with Crippen LogP contribution in [0.15, 0.2) is 12.2 Å². The summed E-state index contributed by atoms with van der Waals surface area (Å²) in [5.41, 5.74) is -2.03. The Morgan fingerprint density at radius 2 is 1.34 bits per heavy atom. The number of carbonyl (C=O) groups is 2. The minimum Gasteiger partial charge on any atom is -0.478 e. The third-order valence-electron chi connectivity index (χ3n) is 4.10. The van der Waals surface area contributed by atoms with Crippen LogP contribution in [-0.4, -0.2) is 61.2 Å². The number of carboxylic acids is 1. The molecule has 1 unspecified atom stereocenters. The van der Waals surface area contributed by atoms with Crippen LogP contribution in [0, 0.1) is 5.92 Å². The first-order valence-corrected chi connectivity index (χ1v) is 18.8. The van der Waals surface area contributed by atoms with Crippen molar-refractivity contribution in [2.24, 2.45) is 5.92 Å². The Labute approximate surface area is 186 Å². The van der Waals surface area contributed by atoms with E-state index in [2.05, 4.69) is 4.74 Å². The number of aliphatic carboxylic acids is 1. The third kappa shape index (κ3) is 11.6. The molecular formula is C17H30F6O6Si3. The molecule has 1 N–H and O–H groups in total. The number of hydrogen-bond acceptors (Lipinski definition) is 5. The van der Waals surface area contributed by atoms with E-state index >= 15 is 0 Å². The van der Waals surface area contributed by atoms with Gasteiger partial charge in [-0.1, -0.05) is 0 Å². The first-order valence-electron chi connectivity index (χ1n) is 9.59. The first kappa shape index (κ1) is 30.8.